The molecule has 0 amide bonds. The lowest BCUT2D eigenvalue weighted by molar-refractivity contribution is 0.555. The van der Waals surface area contributed by atoms with Crippen molar-refractivity contribution < 1.29 is 8.42 Å². The van der Waals surface area contributed by atoms with Crippen molar-refractivity contribution in [1.82, 2.24) is 9.71 Å². The summed E-state index contributed by atoms with van der Waals surface area (Å²) in [5.41, 5.74) is 0. The lowest BCUT2D eigenvalue weighted by Gasteiger charge is -2.18. The molecule has 0 aliphatic heterocycles. The summed E-state index contributed by atoms with van der Waals surface area (Å²) >= 11 is 7.36. The van der Waals surface area contributed by atoms with Gasteiger partial charge in [0.1, 0.15) is 10.0 Å². The molecular weight excluding hydrogens is 292 g/mol. The fourth-order valence-electron chi connectivity index (χ4n) is 2.13. The van der Waals surface area contributed by atoms with Gasteiger partial charge < -0.3 is 0 Å². The SMILES string of the molecule is CSC1CCCC1NS(=O)(=O)c1ccc(Cl)nc1. The highest BCUT2D eigenvalue weighted by Crippen LogP contribution is 2.29. The highest BCUT2D eigenvalue weighted by Gasteiger charge is 2.30. The predicted octanol–water partition coefficient (Wildman–Crippen LogP) is 2.30. The number of nitrogens with zero attached hydrogens (tertiary/aromatic N) is 1. The Labute approximate surface area is 117 Å². The molecule has 0 aromatic carbocycles. The summed E-state index contributed by atoms with van der Waals surface area (Å²) < 4.78 is 27.1. The van der Waals surface area contributed by atoms with Crippen LogP contribution in [0.3, 0.4) is 0 Å². The number of thioether (sulfide) groups is 1. The average Bonchev–Trinajstić information content (AvgIpc) is 2.76. The van der Waals surface area contributed by atoms with Crippen molar-refractivity contribution in [2.75, 3.05) is 6.26 Å². The van der Waals surface area contributed by atoms with Crippen LogP contribution in [0.1, 0.15) is 19.3 Å². The topological polar surface area (TPSA) is 59.1 Å². The van der Waals surface area contributed by atoms with E-state index in [1.54, 1.807) is 11.8 Å². The second-order valence-electron chi connectivity index (χ2n) is 4.25. The molecule has 2 atom stereocenters. The Morgan fingerprint density at radius 2 is 2.22 bits per heavy atom. The van der Waals surface area contributed by atoms with Crippen molar-refractivity contribution in [3.63, 3.8) is 0 Å². The summed E-state index contributed by atoms with van der Waals surface area (Å²) in [5, 5.41) is 0.650. The molecule has 0 spiro atoms. The number of nitrogens with one attached hydrogen (secondary N) is 1. The molecule has 1 aromatic heterocycles. The van der Waals surface area contributed by atoms with Crippen molar-refractivity contribution in [3.8, 4) is 0 Å². The maximum atomic E-state index is 12.2. The monoisotopic (exact) mass is 306 g/mol. The first-order chi connectivity index (χ1) is 8.53. The molecule has 4 nitrogen and oxygen atoms in total. The minimum Gasteiger partial charge on any atom is -0.243 e. The number of sulfonamides is 1. The molecule has 2 unspecified atom stereocenters. The fraction of sp³-hybridized carbons (Fsp3) is 0.545. The van der Waals surface area contributed by atoms with Crippen LogP contribution in [0.4, 0.5) is 0 Å². The minimum atomic E-state index is -3.49. The number of rotatable bonds is 4. The second-order valence-corrected chi connectivity index (χ2v) is 7.43. The van der Waals surface area contributed by atoms with Gasteiger partial charge in [-0.05, 0) is 31.2 Å². The lowest BCUT2D eigenvalue weighted by Crippen LogP contribution is -2.38. The third-order valence-electron chi connectivity index (χ3n) is 3.07. The Bertz CT molecular complexity index is 504. The maximum Gasteiger partial charge on any atom is 0.242 e. The van der Waals surface area contributed by atoms with E-state index in [-0.39, 0.29) is 16.1 Å². The first kappa shape index (κ1) is 14.1. The third kappa shape index (κ3) is 3.17. The van der Waals surface area contributed by atoms with Gasteiger partial charge in [-0.2, -0.15) is 11.8 Å². The molecule has 1 aliphatic carbocycles. The van der Waals surface area contributed by atoms with E-state index >= 15 is 0 Å². The van der Waals surface area contributed by atoms with Crippen LogP contribution in [0.5, 0.6) is 0 Å². The zero-order valence-electron chi connectivity index (χ0n) is 9.97. The number of hydrogen-bond donors (Lipinski definition) is 1. The van der Waals surface area contributed by atoms with Gasteiger partial charge in [0.15, 0.2) is 0 Å². The van der Waals surface area contributed by atoms with Crippen molar-refractivity contribution >= 4 is 33.4 Å². The van der Waals surface area contributed by atoms with Gasteiger partial charge in [0.25, 0.3) is 0 Å². The van der Waals surface area contributed by atoms with Crippen LogP contribution >= 0.6 is 23.4 Å². The normalized spacial score (nSPS) is 24.3. The van der Waals surface area contributed by atoms with Crippen molar-refractivity contribution in [3.05, 3.63) is 23.5 Å². The van der Waals surface area contributed by atoms with Crippen LogP contribution in [-0.2, 0) is 10.0 Å². The van der Waals surface area contributed by atoms with E-state index in [1.807, 2.05) is 6.26 Å². The molecule has 100 valence electrons. The summed E-state index contributed by atoms with van der Waals surface area (Å²) in [4.78, 5) is 3.97. The summed E-state index contributed by atoms with van der Waals surface area (Å²) in [6.07, 6.45) is 6.32. The smallest absolute Gasteiger partial charge is 0.242 e. The third-order valence-corrected chi connectivity index (χ3v) is 5.94. The summed E-state index contributed by atoms with van der Waals surface area (Å²) in [5.74, 6) is 0. The number of hydrogen-bond acceptors (Lipinski definition) is 4. The molecule has 1 aromatic rings. The van der Waals surface area contributed by atoms with E-state index in [9.17, 15) is 8.42 Å². The molecule has 0 radical (unpaired) electrons. The molecule has 18 heavy (non-hydrogen) atoms. The molecule has 1 fully saturated rings. The van der Waals surface area contributed by atoms with Gasteiger partial charge in [0.2, 0.25) is 10.0 Å². The van der Waals surface area contributed by atoms with Gasteiger partial charge >= 0.3 is 0 Å². The van der Waals surface area contributed by atoms with E-state index in [1.165, 1.54) is 18.3 Å². The molecule has 1 aliphatic rings. The highest BCUT2D eigenvalue weighted by atomic mass is 35.5. The minimum absolute atomic E-state index is 0.0145. The Morgan fingerprint density at radius 1 is 1.44 bits per heavy atom. The largest absolute Gasteiger partial charge is 0.243 e. The van der Waals surface area contributed by atoms with Crippen molar-refractivity contribution in [2.45, 2.75) is 35.4 Å². The standard InChI is InChI=1S/C11H15ClN2O2S2/c1-17-10-4-2-3-9(10)14-18(15,16)8-5-6-11(12)13-7-8/h5-7,9-10,14H,2-4H2,1H3. The van der Waals surface area contributed by atoms with Gasteiger partial charge in [-0.1, -0.05) is 18.0 Å². The van der Waals surface area contributed by atoms with E-state index in [4.69, 9.17) is 11.6 Å². The molecule has 2 rings (SSSR count). The van der Waals surface area contributed by atoms with E-state index in [0.29, 0.717) is 5.25 Å². The Balaban J connectivity index is 2.14. The molecule has 1 heterocycles. The maximum absolute atomic E-state index is 12.2. The summed E-state index contributed by atoms with van der Waals surface area (Å²) in [6, 6.07) is 2.97. The van der Waals surface area contributed by atoms with E-state index < -0.39 is 10.0 Å². The molecule has 0 saturated heterocycles. The predicted molar refractivity (Wildman–Crippen MR) is 74.5 cm³/mol. The van der Waals surface area contributed by atoms with Gasteiger partial charge in [-0.25, -0.2) is 18.1 Å². The Morgan fingerprint density at radius 3 is 2.83 bits per heavy atom. The van der Waals surface area contributed by atoms with Crippen LogP contribution in [-0.4, -0.2) is 30.9 Å². The van der Waals surface area contributed by atoms with Crippen molar-refractivity contribution in [2.24, 2.45) is 0 Å². The number of aromatic nitrogens is 1. The summed E-state index contributed by atoms with van der Waals surface area (Å²) in [6.45, 7) is 0. The number of halogens is 1. The zero-order valence-corrected chi connectivity index (χ0v) is 12.4. The van der Waals surface area contributed by atoms with Crippen LogP contribution < -0.4 is 4.72 Å². The Kier molecular flexibility index (Phi) is 4.53. The Hall–Kier alpha value is -0.300. The van der Waals surface area contributed by atoms with Gasteiger partial charge in [0.05, 0.1) is 0 Å². The molecule has 1 N–H and O–H groups in total. The van der Waals surface area contributed by atoms with Crippen LogP contribution in [0.25, 0.3) is 0 Å². The van der Waals surface area contributed by atoms with Gasteiger partial charge in [-0.15, -0.1) is 0 Å². The molecule has 1 saturated carbocycles. The van der Waals surface area contributed by atoms with Crippen molar-refractivity contribution in [1.29, 1.82) is 0 Å². The van der Waals surface area contributed by atoms with E-state index in [0.717, 1.165) is 19.3 Å². The average molecular weight is 307 g/mol. The van der Waals surface area contributed by atoms with Gasteiger partial charge in [-0.3, -0.25) is 0 Å². The quantitative estimate of drug-likeness (QED) is 0.867. The van der Waals surface area contributed by atoms with Crippen LogP contribution in [0, 0.1) is 0 Å². The van der Waals surface area contributed by atoms with Crippen LogP contribution in [0.2, 0.25) is 5.15 Å². The van der Waals surface area contributed by atoms with Crippen LogP contribution in [0.15, 0.2) is 23.2 Å². The lowest BCUT2D eigenvalue weighted by atomic mass is 10.3. The number of pyridine rings is 1. The fourth-order valence-corrected chi connectivity index (χ4v) is 4.52. The molecular formula is C11H15ClN2O2S2. The van der Waals surface area contributed by atoms with Gasteiger partial charge in [0, 0.05) is 17.5 Å². The van der Waals surface area contributed by atoms with E-state index in [2.05, 4.69) is 9.71 Å². The second kappa shape index (κ2) is 5.77. The molecule has 0 bridgehead atoms. The first-order valence-electron chi connectivity index (χ1n) is 5.69. The highest BCUT2D eigenvalue weighted by molar-refractivity contribution is 7.99. The summed E-state index contributed by atoms with van der Waals surface area (Å²) in [7, 11) is -3.49. The first-order valence-corrected chi connectivity index (χ1v) is 8.84. The molecule has 7 heteroatoms. The zero-order chi connectivity index (χ0) is 13.2.